The highest BCUT2D eigenvalue weighted by Crippen LogP contribution is 2.29. The maximum Gasteiger partial charge on any atom is 0.338 e. The fourth-order valence-corrected chi connectivity index (χ4v) is 3.31. The van der Waals surface area contributed by atoms with Crippen molar-refractivity contribution in [1.82, 2.24) is 0 Å². The zero-order valence-corrected chi connectivity index (χ0v) is 15.4. The van der Waals surface area contributed by atoms with E-state index in [9.17, 15) is 9.59 Å². The normalized spacial score (nSPS) is 23.6. The molecule has 2 saturated heterocycles. The standard InChI is InChI=1S/C21H26O6/c1-2-3-4-5-6-7-19(22)26-16-10-8-15(9-11-16)21(23)27-18-14-25-17-12-13-24-20(17)18/h2,8-11,17-18,20H,1,3-7,12-14H2. The van der Waals surface area contributed by atoms with Gasteiger partial charge in [-0.3, -0.25) is 4.79 Å². The summed E-state index contributed by atoms with van der Waals surface area (Å²) in [6, 6.07) is 6.40. The predicted octanol–water partition coefficient (Wildman–Crippen LogP) is 3.44. The van der Waals surface area contributed by atoms with Gasteiger partial charge in [0.15, 0.2) is 6.10 Å². The monoisotopic (exact) mass is 374 g/mol. The molecule has 2 aliphatic rings. The highest BCUT2D eigenvalue weighted by atomic mass is 16.6. The molecule has 0 aromatic heterocycles. The fourth-order valence-electron chi connectivity index (χ4n) is 3.31. The van der Waals surface area contributed by atoms with Crippen molar-refractivity contribution in [3.63, 3.8) is 0 Å². The molecule has 0 spiro atoms. The van der Waals surface area contributed by atoms with Gasteiger partial charge in [-0.05, 0) is 49.9 Å². The van der Waals surface area contributed by atoms with E-state index in [2.05, 4.69) is 6.58 Å². The van der Waals surface area contributed by atoms with Crippen LogP contribution in [0.4, 0.5) is 0 Å². The van der Waals surface area contributed by atoms with Crippen LogP contribution in [-0.4, -0.2) is 43.5 Å². The molecule has 0 bridgehead atoms. The zero-order valence-electron chi connectivity index (χ0n) is 15.4. The van der Waals surface area contributed by atoms with E-state index in [1.165, 1.54) is 0 Å². The van der Waals surface area contributed by atoms with Crippen molar-refractivity contribution in [3.05, 3.63) is 42.5 Å². The molecule has 1 aromatic rings. The number of ether oxygens (including phenoxy) is 4. The molecule has 0 radical (unpaired) electrons. The third kappa shape index (κ3) is 5.40. The number of benzene rings is 1. The summed E-state index contributed by atoms with van der Waals surface area (Å²) in [4.78, 5) is 24.1. The first-order chi connectivity index (χ1) is 13.2. The molecule has 2 fully saturated rings. The molecule has 0 saturated carbocycles. The molecule has 0 N–H and O–H groups in total. The summed E-state index contributed by atoms with van der Waals surface area (Å²) in [5.74, 6) is -0.276. The first kappa shape index (κ1) is 19.6. The molecule has 3 unspecified atom stereocenters. The van der Waals surface area contributed by atoms with Gasteiger partial charge in [-0.25, -0.2) is 4.79 Å². The average Bonchev–Trinajstić information content (AvgIpc) is 3.27. The number of hydrogen-bond acceptors (Lipinski definition) is 6. The second-order valence-electron chi connectivity index (χ2n) is 6.83. The lowest BCUT2D eigenvalue weighted by molar-refractivity contribution is -0.134. The Balaban J connectivity index is 1.43. The minimum absolute atomic E-state index is 0.0290. The predicted molar refractivity (Wildman–Crippen MR) is 98.7 cm³/mol. The number of fused-ring (bicyclic) bond motifs is 1. The highest BCUT2D eigenvalue weighted by Gasteiger charge is 2.44. The van der Waals surface area contributed by atoms with Crippen LogP contribution in [-0.2, 0) is 19.0 Å². The molecule has 3 rings (SSSR count). The first-order valence-corrected chi connectivity index (χ1v) is 9.53. The van der Waals surface area contributed by atoms with E-state index in [0.29, 0.717) is 30.9 Å². The van der Waals surface area contributed by atoms with Gasteiger partial charge in [-0.15, -0.1) is 6.58 Å². The van der Waals surface area contributed by atoms with E-state index in [1.54, 1.807) is 24.3 Å². The molecule has 6 nitrogen and oxygen atoms in total. The van der Waals surface area contributed by atoms with Crippen molar-refractivity contribution < 1.29 is 28.5 Å². The van der Waals surface area contributed by atoms with E-state index < -0.39 is 5.97 Å². The molecule has 1 aromatic carbocycles. The van der Waals surface area contributed by atoms with Crippen LogP contribution in [0.25, 0.3) is 0 Å². The van der Waals surface area contributed by atoms with Crippen molar-refractivity contribution in [2.75, 3.05) is 13.2 Å². The molecule has 3 atom stereocenters. The number of hydrogen-bond donors (Lipinski definition) is 0. The minimum Gasteiger partial charge on any atom is -0.453 e. The van der Waals surface area contributed by atoms with Crippen LogP contribution in [0.2, 0.25) is 0 Å². The van der Waals surface area contributed by atoms with Gasteiger partial charge in [0.25, 0.3) is 0 Å². The molecule has 6 heteroatoms. The van der Waals surface area contributed by atoms with Crippen LogP contribution in [0.15, 0.2) is 36.9 Å². The summed E-state index contributed by atoms with van der Waals surface area (Å²) >= 11 is 0. The SMILES string of the molecule is C=CCCCCCC(=O)Oc1ccc(C(=O)OC2COC3CCOC32)cc1. The number of carbonyl (C=O) groups is 2. The Morgan fingerprint density at radius 3 is 2.74 bits per heavy atom. The fraction of sp³-hybridized carbons (Fsp3) is 0.524. The lowest BCUT2D eigenvalue weighted by atomic mass is 10.1. The van der Waals surface area contributed by atoms with Gasteiger partial charge >= 0.3 is 11.9 Å². The molecule has 27 heavy (non-hydrogen) atoms. The van der Waals surface area contributed by atoms with Crippen LogP contribution in [0.1, 0.15) is 48.9 Å². The Morgan fingerprint density at radius 1 is 1.15 bits per heavy atom. The van der Waals surface area contributed by atoms with Gasteiger partial charge in [-0.2, -0.15) is 0 Å². The summed E-state index contributed by atoms with van der Waals surface area (Å²) < 4.78 is 22.0. The Kier molecular flexibility index (Phi) is 7.01. The lowest BCUT2D eigenvalue weighted by Gasteiger charge is -2.16. The summed E-state index contributed by atoms with van der Waals surface area (Å²) in [6.07, 6.45) is 6.36. The number of allylic oxidation sites excluding steroid dienone is 1. The smallest absolute Gasteiger partial charge is 0.338 e. The lowest BCUT2D eigenvalue weighted by Crippen LogP contribution is -2.32. The van der Waals surface area contributed by atoms with Crippen LogP contribution in [0, 0.1) is 0 Å². The maximum absolute atomic E-state index is 12.3. The van der Waals surface area contributed by atoms with E-state index in [1.807, 2.05) is 6.08 Å². The Morgan fingerprint density at radius 2 is 1.96 bits per heavy atom. The van der Waals surface area contributed by atoms with Gasteiger partial charge in [0.1, 0.15) is 11.9 Å². The van der Waals surface area contributed by atoms with Gasteiger partial charge in [0, 0.05) is 13.0 Å². The molecule has 146 valence electrons. The van der Waals surface area contributed by atoms with Crippen LogP contribution < -0.4 is 4.74 Å². The van der Waals surface area contributed by atoms with Gasteiger partial charge < -0.3 is 18.9 Å². The summed E-state index contributed by atoms with van der Waals surface area (Å²) in [6.45, 7) is 4.68. The molecular weight excluding hydrogens is 348 g/mol. The van der Waals surface area contributed by atoms with E-state index in [-0.39, 0.29) is 24.3 Å². The van der Waals surface area contributed by atoms with E-state index in [0.717, 1.165) is 32.1 Å². The molecule has 0 amide bonds. The summed E-state index contributed by atoms with van der Waals surface area (Å²) in [5.41, 5.74) is 0.403. The Bertz CT molecular complexity index is 653. The van der Waals surface area contributed by atoms with Crippen LogP contribution in [0.3, 0.4) is 0 Å². The van der Waals surface area contributed by atoms with Gasteiger partial charge in [-0.1, -0.05) is 12.5 Å². The second kappa shape index (κ2) is 9.67. The summed E-state index contributed by atoms with van der Waals surface area (Å²) in [5, 5.41) is 0. The van der Waals surface area contributed by atoms with Crippen molar-refractivity contribution in [1.29, 1.82) is 0 Å². The third-order valence-electron chi connectivity index (χ3n) is 4.79. The number of unbranched alkanes of at least 4 members (excludes halogenated alkanes) is 3. The molecule has 2 heterocycles. The van der Waals surface area contributed by atoms with Crippen LogP contribution in [0.5, 0.6) is 5.75 Å². The number of rotatable bonds is 9. The first-order valence-electron chi connectivity index (χ1n) is 9.53. The van der Waals surface area contributed by atoms with Gasteiger partial charge in [0.05, 0.1) is 18.3 Å². The largest absolute Gasteiger partial charge is 0.453 e. The van der Waals surface area contributed by atoms with E-state index >= 15 is 0 Å². The van der Waals surface area contributed by atoms with Crippen molar-refractivity contribution in [2.45, 2.75) is 56.8 Å². The number of esters is 2. The summed E-state index contributed by atoms with van der Waals surface area (Å²) in [7, 11) is 0. The minimum atomic E-state index is -0.431. The maximum atomic E-state index is 12.3. The molecular formula is C21H26O6. The molecule has 2 aliphatic heterocycles. The zero-order chi connectivity index (χ0) is 19.1. The van der Waals surface area contributed by atoms with Crippen molar-refractivity contribution in [2.24, 2.45) is 0 Å². The Labute approximate surface area is 159 Å². The second-order valence-corrected chi connectivity index (χ2v) is 6.83. The highest BCUT2D eigenvalue weighted by molar-refractivity contribution is 5.89. The van der Waals surface area contributed by atoms with Crippen molar-refractivity contribution in [3.8, 4) is 5.75 Å². The number of carbonyl (C=O) groups excluding carboxylic acids is 2. The third-order valence-corrected chi connectivity index (χ3v) is 4.79. The van der Waals surface area contributed by atoms with E-state index in [4.69, 9.17) is 18.9 Å². The Hall–Kier alpha value is -2.18. The van der Waals surface area contributed by atoms with Crippen LogP contribution >= 0.6 is 0 Å². The topological polar surface area (TPSA) is 71.1 Å². The van der Waals surface area contributed by atoms with Crippen molar-refractivity contribution >= 4 is 11.9 Å². The average molecular weight is 374 g/mol. The quantitative estimate of drug-likeness (QED) is 0.285. The van der Waals surface area contributed by atoms with Gasteiger partial charge in [0.2, 0.25) is 0 Å². The molecule has 0 aliphatic carbocycles.